The minimum Gasteiger partial charge on any atom is -0.392 e. The van der Waals surface area contributed by atoms with Gasteiger partial charge in [-0.3, -0.25) is 0 Å². The highest BCUT2D eigenvalue weighted by Crippen LogP contribution is 2.24. The van der Waals surface area contributed by atoms with E-state index in [1.54, 1.807) is 13.0 Å². The molecule has 0 aliphatic heterocycles. The average Bonchev–Trinajstić information content (AvgIpc) is 2.29. The summed E-state index contributed by atoms with van der Waals surface area (Å²) < 4.78 is 26.4. The Labute approximate surface area is 107 Å². The van der Waals surface area contributed by atoms with Gasteiger partial charge in [0.1, 0.15) is 0 Å². The van der Waals surface area contributed by atoms with E-state index in [0.717, 1.165) is 0 Å². The Hall–Kier alpha value is -0.620. The molecule has 0 aromatic heterocycles. The molecule has 96 valence electrons. The van der Waals surface area contributed by atoms with Gasteiger partial charge < -0.3 is 5.11 Å². The second-order valence-electron chi connectivity index (χ2n) is 3.74. The second kappa shape index (κ2) is 5.82. The molecule has 6 heteroatoms. The summed E-state index contributed by atoms with van der Waals surface area (Å²) in [4.78, 5) is 0.127. The van der Waals surface area contributed by atoms with Gasteiger partial charge in [0.15, 0.2) is 0 Å². The van der Waals surface area contributed by atoms with E-state index in [9.17, 15) is 8.42 Å². The average molecular weight is 278 g/mol. The third-order valence-electron chi connectivity index (χ3n) is 2.43. The third-order valence-corrected chi connectivity index (χ3v) is 4.24. The molecule has 2 N–H and O–H groups in total. The summed E-state index contributed by atoms with van der Waals surface area (Å²) >= 11 is 5.84. The minimum atomic E-state index is -3.55. The van der Waals surface area contributed by atoms with Crippen LogP contribution in [-0.4, -0.2) is 20.1 Å². The maximum Gasteiger partial charge on any atom is 0.240 e. The fraction of sp³-hybridized carbons (Fsp3) is 0.455. The zero-order valence-corrected chi connectivity index (χ0v) is 11.4. The monoisotopic (exact) mass is 277 g/mol. The molecular formula is C11H16ClNO3S. The van der Waals surface area contributed by atoms with E-state index in [1.165, 1.54) is 6.07 Å². The van der Waals surface area contributed by atoms with Crippen LogP contribution < -0.4 is 4.72 Å². The molecule has 0 amide bonds. The van der Waals surface area contributed by atoms with Gasteiger partial charge >= 0.3 is 0 Å². The van der Waals surface area contributed by atoms with E-state index >= 15 is 0 Å². The molecule has 0 saturated carbocycles. The highest BCUT2D eigenvalue weighted by molar-refractivity contribution is 7.89. The van der Waals surface area contributed by atoms with Crippen LogP contribution in [-0.2, 0) is 16.6 Å². The topological polar surface area (TPSA) is 66.4 Å². The lowest BCUT2D eigenvalue weighted by Gasteiger charge is -2.12. The number of halogens is 1. The molecule has 17 heavy (non-hydrogen) atoms. The summed E-state index contributed by atoms with van der Waals surface area (Å²) in [5.41, 5.74) is 1.05. The predicted molar refractivity (Wildman–Crippen MR) is 67.6 cm³/mol. The molecule has 1 aromatic rings. The van der Waals surface area contributed by atoms with Crippen molar-refractivity contribution < 1.29 is 13.5 Å². The quantitative estimate of drug-likeness (QED) is 0.863. The van der Waals surface area contributed by atoms with Crippen molar-refractivity contribution in [3.8, 4) is 0 Å². The van der Waals surface area contributed by atoms with E-state index in [0.29, 0.717) is 29.1 Å². The molecular weight excluding hydrogens is 262 g/mol. The van der Waals surface area contributed by atoms with Crippen LogP contribution in [0.1, 0.15) is 24.5 Å². The smallest absolute Gasteiger partial charge is 0.240 e. The van der Waals surface area contributed by atoms with Crippen molar-refractivity contribution in [2.45, 2.75) is 31.8 Å². The van der Waals surface area contributed by atoms with Crippen LogP contribution in [0.15, 0.2) is 17.0 Å². The van der Waals surface area contributed by atoms with Crippen LogP contribution >= 0.6 is 11.6 Å². The van der Waals surface area contributed by atoms with Crippen molar-refractivity contribution in [2.24, 2.45) is 0 Å². The lowest BCUT2D eigenvalue weighted by atomic mass is 10.1. The first-order valence-corrected chi connectivity index (χ1v) is 7.18. The number of hydrogen-bond acceptors (Lipinski definition) is 3. The van der Waals surface area contributed by atoms with Gasteiger partial charge in [-0.15, -0.1) is 0 Å². The van der Waals surface area contributed by atoms with Crippen LogP contribution in [0.3, 0.4) is 0 Å². The van der Waals surface area contributed by atoms with Crippen LogP contribution in [0.25, 0.3) is 0 Å². The highest BCUT2D eigenvalue weighted by atomic mass is 35.5. The molecule has 0 bridgehead atoms. The van der Waals surface area contributed by atoms with Gasteiger partial charge in [-0.05, 0) is 36.6 Å². The maximum absolute atomic E-state index is 12.0. The lowest BCUT2D eigenvalue weighted by Crippen LogP contribution is -2.25. The van der Waals surface area contributed by atoms with Gasteiger partial charge in [0.05, 0.1) is 11.5 Å². The second-order valence-corrected chi connectivity index (χ2v) is 5.92. The van der Waals surface area contributed by atoms with E-state index < -0.39 is 10.0 Å². The van der Waals surface area contributed by atoms with Crippen molar-refractivity contribution in [3.05, 3.63) is 28.3 Å². The van der Waals surface area contributed by atoms with Gasteiger partial charge in [-0.1, -0.05) is 18.5 Å². The van der Waals surface area contributed by atoms with Crippen molar-refractivity contribution in [2.75, 3.05) is 6.54 Å². The number of rotatable bonds is 5. The Morgan fingerprint density at radius 2 is 2.06 bits per heavy atom. The highest BCUT2D eigenvalue weighted by Gasteiger charge is 2.18. The standard InChI is InChI=1S/C11H16ClNO3S/c1-3-4-13-17(15,16)11-6-10(12)5-9(7-14)8(11)2/h5-6,13-14H,3-4,7H2,1-2H3. The maximum atomic E-state index is 12.0. The number of sulfonamides is 1. The summed E-state index contributed by atoms with van der Waals surface area (Å²) in [5, 5.41) is 9.44. The van der Waals surface area contributed by atoms with E-state index in [-0.39, 0.29) is 11.5 Å². The van der Waals surface area contributed by atoms with Crippen molar-refractivity contribution in [1.82, 2.24) is 4.72 Å². The van der Waals surface area contributed by atoms with Gasteiger partial charge in [0.2, 0.25) is 10.0 Å². The van der Waals surface area contributed by atoms with Crippen molar-refractivity contribution >= 4 is 21.6 Å². The summed E-state index contributed by atoms with van der Waals surface area (Å²) in [7, 11) is -3.55. The van der Waals surface area contributed by atoms with Crippen LogP contribution in [0.4, 0.5) is 0 Å². The predicted octanol–water partition coefficient (Wildman–Crippen LogP) is 1.83. The largest absolute Gasteiger partial charge is 0.392 e. The van der Waals surface area contributed by atoms with Crippen molar-refractivity contribution in [3.63, 3.8) is 0 Å². The summed E-state index contributed by atoms with van der Waals surface area (Å²) in [6.45, 7) is 3.68. The van der Waals surface area contributed by atoms with Gasteiger partial charge in [-0.2, -0.15) is 0 Å². The van der Waals surface area contributed by atoms with Gasteiger partial charge in [0.25, 0.3) is 0 Å². The molecule has 1 aromatic carbocycles. The summed E-state index contributed by atoms with van der Waals surface area (Å²) in [5.74, 6) is 0. The molecule has 4 nitrogen and oxygen atoms in total. The van der Waals surface area contributed by atoms with Crippen LogP contribution in [0.5, 0.6) is 0 Å². The number of nitrogens with one attached hydrogen (secondary N) is 1. The Kier molecular flexibility index (Phi) is 4.94. The molecule has 0 spiro atoms. The fourth-order valence-corrected chi connectivity index (χ4v) is 3.22. The molecule has 0 aliphatic rings. The molecule has 0 aliphatic carbocycles. The Morgan fingerprint density at radius 3 is 2.59 bits per heavy atom. The van der Waals surface area contributed by atoms with Gasteiger partial charge in [0, 0.05) is 11.6 Å². The fourth-order valence-electron chi connectivity index (χ4n) is 1.47. The molecule has 0 unspecified atom stereocenters. The zero-order valence-electron chi connectivity index (χ0n) is 9.83. The molecule has 0 atom stereocenters. The first-order valence-electron chi connectivity index (χ1n) is 5.32. The number of hydrogen-bond donors (Lipinski definition) is 2. The molecule has 0 saturated heterocycles. The Morgan fingerprint density at radius 1 is 1.41 bits per heavy atom. The Bertz CT molecular complexity index is 500. The number of aliphatic hydroxyl groups is 1. The van der Waals surface area contributed by atoms with E-state index in [2.05, 4.69) is 4.72 Å². The van der Waals surface area contributed by atoms with E-state index in [1.807, 2.05) is 6.92 Å². The SMILES string of the molecule is CCCNS(=O)(=O)c1cc(Cl)cc(CO)c1C. The summed E-state index contributed by atoms with van der Waals surface area (Å²) in [6.07, 6.45) is 0.714. The summed E-state index contributed by atoms with van der Waals surface area (Å²) in [6, 6.07) is 2.96. The van der Waals surface area contributed by atoms with Gasteiger partial charge in [-0.25, -0.2) is 13.1 Å². The number of benzene rings is 1. The molecule has 0 fully saturated rings. The normalized spacial score (nSPS) is 11.8. The Balaban J connectivity index is 3.26. The first kappa shape index (κ1) is 14.4. The van der Waals surface area contributed by atoms with Crippen molar-refractivity contribution in [1.29, 1.82) is 0 Å². The third kappa shape index (κ3) is 3.42. The minimum absolute atomic E-state index is 0.127. The van der Waals surface area contributed by atoms with Crippen LogP contribution in [0, 0.1) is 6.92 Å². The van der Waals surface area contributed by atoms with Crippen LogP contribution in [0.2, 0.25) is 5.02 Å². The first-order chi connectivity index (χ1) is 7.92. The molecule has 0 heterocycles. The van der Waals surface area contributed by atoms with E-state index in [4.69, 9.17) is 16.7 Å². The lowest BCUT2D eigenvalue weighted by molar-refractivity contribution is 0.280. The number of aliphatic hydroxyl groups excluding tert-OH is 1. The molecule has 1 rings (SSSR count). The molecule has 0 radical (unpaired) electrons. The zero-order chi connectivity index (χ0) is 13.1.